The third-order valence-electron chi connectivity index (χ3n) is 2.87. The van der Waals surface area contributed by atoms with E-state index in [1.165, 1.54) is 0 Å². The lowest BCUT2D eigenvalue weighted by molar-refractivity contribution is -0.154. The van der Waals surface area contributed by atoms with E-state index in [0.717, 1.165) is 18.4 Å². The van der Waals surface area contributed by atoms with Crippen LogP contribution in [0.15, 0.2) is 18.2 Å². The molecule has 0 aliphatic heterocycles. The van der Waals surface area contributed by atoms with Crippen LogP contribution in [0, 0.1) is 11.6 Å². The van der Waals surface area contributed by atoms with Crippen molar-refractivity contribution < 1.29 is 36.0 Å². The van der Waals surface area contributed by atoms with Crippen LogP contribution in [0.1, 0.15) is 25.3 Å². The summed E-state index contributed by atoms with van der Waals surface area (Å²) in [7, 11) is -3.93. The molecule has 0 heterocycles. The summed E-state index contributed by atoms with van der Waals surface area (Å²) in [5.74, 6) is -2.63. The van der Waals surface area contributed by atoms with E-state index < -0.39 is 52.1 Å². The van der Waals surface area contributed by atoms with Gasteiger partial charge in [-0.25, -0.2) is 8.78 Å². The van der Waals surface area contributed by atoms with Gasteiger partial charge in [0.05, 0.1) is 6.26 Å². The molecule has 1 aromatic carbocycles. The number of carbonyl (C=O) groups is 1. The maximum absolute atomic E-state index is 13.9. The van der Waals surface area contributed by atoms with Gasteiger partial charge in [0.2, 0.25) is 0 Å². The molecule has 0 amide bonds. The third-order valence-corrected chi connectivity index (χ3v) is 3.42. The van der Waals surface area contributed by atoms with Gasteiger partial charge < -0.3 is 9.84 Å². The van der Waals surface area contributed by atoms with Crippen LogP contribution in [0.4, 0.5) is 8.78 Å². The highest BCUT2D eigenvalue weighted by Gasteiger charge is 2.36. The number of halogens is 2. The zero-order valence-corrected chi connectivity index (χ0v) is 13.5. The molecule has 0 saturated heterocycles. The highest BCUT2D eigenvalue weighted by atomic mass is 32.2. The first-order chi connectivity index (χ1) is 10.6. The summed E-state index contributed by atoms with van der Waals surface area (Å²) in [6.45, 7) is 0.123. The van der Waals surface area contributed by atoms with Gasteiger partial charge >= 0.3 is 5.97 Å². The Balaban J connectivity index is 3.06. The molecule has 0 fully saturated rings. The summed E-state index contributed by atoms with van der Waals surface area (Å²) in [6, 6.07) is 2.34. The highest BCUT2D eigenvalue weighted by molar-refractivity contribution is 7.85. The number of carbonyl (C=O) groups excluding carboxylic acids is 1. The summed E-state index contributed by atoms with van der Waals surface area (Å²) in [5, 5.41) is 10.5. The van der Waals surface area contributed by atoms with Crippen molar-refractivity contribution in [2.24, 2.45) is 0 Å². The summed E-state index contributed by atoms with van der Waals surface area (Å²) < 4.78 is 58.4. The summed E-state index contributed by atoms with van der Waals surface area (Å²) >= 11 is 0. The number of hydrogen-bond acceptors (Lipinski definition) is 6. The molecule has 0 saturated carbocycles. The molecule has 0 aliphatic carbocycles. The Hall–Kier alpha value is -1.58. The van der Waals surface area contributed by atoms with Crippen molar-refractivity contribution in [2.45, 2.75) is 25.4 Å². The van der Waals surface area contributed by atoms with Crippen molar-refractivity contribution in [3.05, 3.63) is 35.4 Å². The first kappa shape index (κ1) is 19.5. The average Bonchev–Trinajstić information content (AvgIpc) is 2.42. The number of benzene rings is 1. The molecule has 1 atom stereocenters. The fourth-order valence-corrected chi connectivity index (χ4v) is 2.15. The molecule has 0 unspecified atom stereocenters. The molecule has 1 N–H and O–H groups in total. The molecule has 9 heteroatoms. The van der Waals surface area contributed by atoms with Gasteiger partial charge in [0.1, 0.15) is 24.8 Å². The van der Waals surface area contributed by atoms with Crippen LogP contribution in [-0.2, 0) is 29.4 Å². The van der Waals surface area contributed by atoms with Crippen molar-refractivity contribution >= 4 is 16.1 Å². The Kier molecular flexibility index (Phi) is 6.60. The Labute approximate surface area is 133 Å². The van der Waals surface area contributed by atoms with Crippen molar-refractivity contribution in [1.82, 2.24) is 0 Å². The summed E-state index contributed by atoms with van der Waals surface area (Å²) in [6.07, 6.45) is 1.33. The molecule has 0 bridgehead atoms. The zero-order valence-electron chi connectivity index (χ0n) is 12.7. The fraction of sp³-hybridized carbons (Fsp3) is 0.500. The van der Waals surface area contributed by atoms with Crippen molar-refractivity contribution in [2.75, 3.05) is 19.5 Å². The largest absolute Gasteiger partial charge is 0.462 e. The molecule has 1 rings (SSSR count). The van der Waals surface area contributed by atoms with Crippen LogP contribution < -0.4 is 0 Å². The van der Waals surface area contributed by atoms with Crippen LogP contribution in [-0.4, -0.2) is 39.0 Å². The minimum absolute atomic E-state index is 0.0783. The number of aliphatic hydroxyl groups is 1. The smallest absolute Gasteiger partial charge is 0.305 e. The molecule has 1 aromatic rings. The Morgan fingerprint density at radius 1 is 1.30 bits per heavy atom. The first-order valence-corrected chi connectivity index (χ1v) is 8.57. The maximum atomic E-state index is 13.9. The minimum atomic E-state index is -3.93. The topological polar surface area (TPSA) is 89.9 Å². The maximum Gasteiger partial charge on any atom is 0.305 e. The van der Waals surface area contributed by atoms with Crippen molar-refractivity contribution in [1.29, 1.82) is 0 Å². The molecule has 0 spiro atoms. The zero-order chi connectivity index (χ0) is 17.7. The van der Waals surface area contributed by atoms with Crippen LogP contribution in [0.3, 0.4) is 0 Å². The molecule has 0 aliphatic rings. The number of hydrogen-bond donors (Lipinski definition) is 1. The Morgan fingerprint density at radius 2 is 1.96 bits per heavy atom. The van der Waals surface area contributed by atoms with Crippen LogP contribution in [0.2, 0.25) is 0 Å². The van der Waals surface area contributed by atoms with Gasteiger partial charge in [0.15, 0.2) is 5.60 Å². The van der Waals surface area contributed by atoms with E-state index in [9.17, 15) is 27.1 Å². The Bertz CT molecular complexity index is 661. The van der Waals surface area contributed by atoms with Crippen molar-refractivity contribution in [3.8, 4) is 0 Å². The number of rotatable bonds is 8. The summed E-state index contributed by atoms with van der Waals surface area (Å²) in [4.78, 5) is 11.4. The fourth-order valence-electron chi connectivity index (χ4n) is 1.74. The quantitative estimate of drug-likeness (QED) is 0.563. The SMILES string of the molecule is CCCC(=O)OC[C@](O)(COS(C)(=O)=O)c1ccc(F)cc1F. The van der Waals surface area contributed by atoms with E-state index >= 15 is 0 Å². The van der Waals surface area contributed by atoms with Crippen LogP contribution in [0.5, 0.6) is 0 Å². The van der Waals surface area contributed by atoms with Crippen LogP contribution >= 0.6 is 0 Å². The normalized spacial score (nSPS) is 14.3. The van der Waals surface area contributed by atoms with E-state index in [-0.39, 0.29) is 6.42 Å². The van der Waals surface area contributed by atoms with Gasteiger partial charge in [-0.05, 0) is 12.5 Å². The highest BCUT2D eigenvalue weighted by Crippen LogP contribution is 2.26. The number of esters is 1. The third kappa shape index (κ3) is 6.20. The van der Waals surface area contributed by atoms with Gasteiger partial charge in [-0.1, -0.05) is 13.0 Å². The monoisotopic (exact) mass is 352 g/mol. The molecule has 130 valence electrons. The van der Waals surface area contributed by atoms with Gasteiger partial charge in [0, 0.05) is 18.1 Å². The van der Waals surface area contributed by atoms with E-state index in [1.807, 2.05) is 0 Å². The molecular weight excluding hydrogens is 334 g/mol. The van der Waals surface area contributed by atoms with E-state index in [1.54, 1.807) is 6.92 Å². The Morgan fingerprint density at radius 3 is 2.48 bits per heavy atom. The lowest BCUT2D eigenvalue weighted by Crippen LogP contribution is -2.39. The molecule has 23 heavy (non-hydrogen) atoms. The molecule has 6 nitrogen and oxygen atoms in total. The van der Waals surface area contributed by atoms with Gasteiger partial charge in [0.25, 0.3) is 10.1 Å². The molecule has 0 aromatic heterocycles. The number of ether oxygens (including phenoxy) is 1. The first-order valence-electron chi connectivity index (χ1n) is 6.75. The van der Waals surface area contributed by atoms with Gasteiger partial charge in [-0.2, -0.15) is 8.42 Å². The average molecular weight is 352 g/mol. The lowest BCUT2D eigenvalue weighted by atomic mass is 9.95. The predicted octanol–water partition coefficient (Wildman–Crippen LogP) is 1.47. The summed E-state index contributed by atoms with van der Waals surface area (Å²) in [5.41, 5.74) is -2.71. The standard InChI is InChI=1S/C14H18F2O6S/c1-3-4-13(17)21-8-14(18,9-22-23(2,19)20)11-6-5-10(15)7-12(11)16/h5-7,18H,3-4,8-9H2,1-2H3/t14-/m0/s1. The lowest BCUT2D eigenvalue weighted by Gasteiger charge is -2.27. The second-order valence-corrected chi connectivity index (χ2v) is 6.68. The second kappa shape index (κ2) is 7.80. The minimum Gasteiger partial charge on any atom is -0.462 e. The van der Waals surface area contributed by atoms with E-state index in [0.29, 0.717) is 12.5 Å². The molecule has 0 radical (unpaired) electrons. The van der Waals surface area contributed by atoms with E-state index in [2.05, 4.69) is 4.18 Å². The van der Waals surface area contributed by atoms with Crippen LogP contribution in [0.25, 0.3) is 0 Å². The van der Waals surface area contributed by atoms with Gasteiger partial charge in [-0.3, -0.25) is 8.98 Å². The molecular formula is C14H18F2O6S. The predicted molar refractivity (Wildman–Crippen MR) is 76.9 cm³/mol. The second-order valence-electron chi connectivity index (χ2n) is 5.03. The van der Waals surface area contributed by atoms with E-state index in [4.69, 9.17) is 4.74 Å². The van der Waals surface area contributed by atoms with Crippen molar-refractivity contribution in [3.63, 3.8) is 0 Å². The van der Waals surface area contributed by atoms with Gasteiger partial charge in [-0.15, -0.1) is 0 Å².